The number of methoxy groups -OCH3 is 1. The van der Waals surface area contributed by atoms with Gasteiger partial charge in [-0.25, -0.2) is 0 Å². The fraction of sp³-hybridized carbons (Fsp3) is 0.429. The highest BCUT2D eigenvalue weighted by molar-refractivity contribution is 7.10. The number of nitrogens with one attached hydrogen (secondary N) is 2. The topological polar surface area (TPSA) is 79.9 Å². The normalized spacial score (nSPS) is 16.6. The maximum Gasteiger partial charge on any atom is 0.309 e. The van der Waals surface area contributed by atoms with Crippen molar-refractivity contribution in [3.05, 3.63) is 52.2 Å². The highest BCUT2D eigenvalue weighted by Crippen LogP contribution is 2.29. The van der Waals surface area contributed by atoms with Crippen LogP contribution in [0, 0.1) is 0 Å². The van der Waals surface area contributed by atoms with Gasteiger partial charge in [0.2, 0.25) is 0 Å². The summed E-state index contributed by atoms with van der Waals surface area (Å²) in [6.07, 6.45) is 0. The predicted molar refractivity (Wildman–Crippen MR) is 112 cm³/mol. The number of amides is 2. The average molecular weight is 418 g/mol. The molecule has 2 amide bonds. The minimum Gasteiger partial charge on any atom is -0.496 e. The van der Waals surface area contributed by atoms with E-state index in [1.807, 2.05) is 42.6 Å². The van der Waals surface area contributed by atoms with Gasteiger partial charge in [0.25, 0.3) is 0 Å². The van der Waals surface area contributed by atoms with E-state index >= 15 is 0 Å². The maximum absolute atomic E-state index is 12.5. The van der Waals surface area contributed by atoms with Crippen LogP contribution >= 0.6 is 11.3 Å². The highest BCUT2D eigenvalue weighted by Gasteiger charge is 2.30. The van der Waals surface area contributed by atoms with Crippen LogP contribution in [0.4, 0.5) is 0 Å². The molecule has 2 atom stereocenters. The van der Waals surface area contributed by atoms with Gasteiger partial charge in [-0.2, -0.15) is 0 Å². The number of carbonyl (C=O) groups is 2. The standard InChI is InChI=1S/C21H27N3O4S/c1-15(19(18-8-5-13-29-18)24-9-11-28-12-10-24)23-21(26)20(25)22-14-16-6-3-4-7-17(16)27-2/h3-8,13,15,19H,9-12,14H2,1-2H3,(H,22,25)(H,23,26)/t15-,19-/m0/s1. The van der Waals surface area contributed by atoms with Crippen molar-refractivity contribution >= 4 is 23.2 Å². The van der Waals surface area contributed by atoms with Crippen LogP contribution in [0.1, 0.15) is 23.4 Å². The Morgan fingerprint density at radius 1 is 1.17 bits per heavy atom. The molecule has 0 unspecified atom stereocenters. The molecule has 2 aromatic rings. The first-order valence-electron chi connectivity index (χ1n) is 9.66. The minimum absolute atomic E-state index is 0.00451. The third kappa shape index (κ3) is 5.56. The van der Waals surface area contributed by atoms with Gasteiger partial charge < -0.3 is 20.1 Å². The number of para-hydroxylation sites is 1. The zero-order chi connectivity index (χ0) is 20.6. The van der Waals surface area contributed by atoms with Crippen LogP contribution in [-0.2, 0) is 20.9 Å². The smallest absolute Gasteiger partial charge is 0.309 e. The summed E-state index contributed by atoms with van der Waals surface area (Å²) in [7, 11) is 1.57. The Labute approximate surface area is 175 Å². The lowest BCUT2D eigenvalue weighted by atomic mass is 10.1. The number of nitrogens with zero attached hydrogens (tertiary/aromatic N) is 1. The third-order valence-corrected chi connectivity index (χ3v) is 5.89. The monoisotopic (exact) mass is 417 g/mol. The van der Waals surface area contributed by atoms with E-state index in [0.29, 0.717) is 19.0 Å². The first-order chi connectivity index (χ1) is 14.1. The van der Waals surface area contributed by atoms with E-state index < -0.39 is 11.8 Å². The third-order valence-electron chi connectivity index (χ3n) is 4.94. The van der Waals surface area contributed by atoms with Crippen molar-refractivity contribution in [2.24, 2.45) is 0 Å². The summed E-state index contributed by atoms with van der Waals surface area (Å²) in [6.45, 7) is 5.09. The molecule has 0 spiro atoms. The molecule has 2 N–H and O–H groups in total. The van der Waals surface area contributed by atoms with Crippen LogP contribution in [0.3, 0.4) is 0 Å². The molecule has 1 aromatic heterocycles. The summed E-state index contributed by atoms with van der Waals surface area (Å²) in [5, 5.41) is 7.57. The first kappa shape index (κ1) is 21.3. The summed E-state index contributed by atoms with van der Waals surface area (Å²) >= 11 is 1.65. The second-order valence-electron chi connectivity index (χ2n) is 6.87. The molecule has 7 nitrogen and oxygen atoms in total. The number of ether oxygens (including phenoxy) is 2. The molecule has 156 valence electrons. The molecule has 0 saturated carbocycles. The fourth-order valence-corrected chi connectivity index (χ4v) is 4.48. The highest BCUT2D eigenvalue weighted by atomic mass is 32.1. The summed E-state index contributed by atoms with van der Waals surface area (Å²) in [5.41, 5.74) is 0.814. The molecule has 1 saturated heterocycles. The minimum atomic E-state index is -0.658. The Bertz CT molecular complexity index is 806. The van der Waals surface area contributed by atoms with Crippen molar-refractivity contribution in [3.63, 3.8) is 0 Å². The first-order valence-corrected chi connectivity index (χ1v) is 10.5. The van der Waals surface area contributed by atoms with E-state index in [0.717, 1.165) is 23.5 Å². The molecule has 29 heavy (non-hydrogen) atoms. The largest absolute Gasteiger partial charge is 0.496 e. The zero-order valence-corrected chi connectivity index (χ0v) is 17.5. The Hall–Kier alpha value is -2.42. The second-order valence-corrected chi connectivity index (χ2v) is 7.84. The van der Waals surface area contributed by atoms with Gasteiger partial charge in [-0.15, -0.1) is 11.3 Å². The fourth-order valence-electron chi connectivity index (χ4n) is 3.51. The van der Waals surface area contributed by atoms with Gasteiger partial charge in [0.1, 0.15) is 5.75 Å². The maximum atomic E-state index is 12.5. The van der Waals surface area contributed by atoms with Gasteiger partial charge in [-0.3, -0.25) is 14.5 Å². The van der Waals surface area contributed by atoms with Crippen LogP contribution in [0.5, 0.6) is 5.75 Å². The lowest BCUT2D eigenvalue weighted by Gasteiger charge is -2.37. The van der Waals surface area contributed by atoms with Crippen molar-refractivity contribution in [3.8, 4) is 5.75 Å². The molecule has 1 aliphatic rings. The van der Waals surface area contributed by atoms with E-state index in [1.165, 1.54) is 0 Å². The van der Waals surface area contributed by atoms with Gasteiger partial charge in [0, 0.05) is 36.1 Å². The van der Waals surface area contributed by atoms with Gasteiger partial charge in [0.15, 0.2) is 0 Å². The number of carbonyl (C=O) groups excluding carboxylic acids is 2. The summed E-state index contributed by atoms with van der Waals surface area (Å²) in [4.78, 5) is 28.3. The lowest BCUT2D eigenvalue weighted by molar-refractivity contribution is -0.140. The Balaban J connectivity index is 1.60. The van der Waals surface area contributed by atoms with Crippen molar-refractivity contribution in [1.29, 1.82) is 0 Å². The van der Waals surface area contributed by atoms with Crippen LogP contribution in [0.25, 0.3) is 0 Å². The SMILES string of the molecule is COc1ccccc1CNC(=O)C(=O)N[C@@H](C)[C@@H](c1cccs1)N1CCOCC1. The molecule has 8 heteroatoms. The molecular weight excluding hydrogens is 390 g/mol. The van der Waals surface area contributed by atoms with E-state index in [2.05, 4.69) is 21.6 Å². The number of benzene rings is 1. The van der Waals surface area contributed by atoms with E-state index in [-0.39, 0.29) is 18.6 Å². The molecule has 1 aliphatic heterocycles. The number of rotatable bonds is 7. The lowest BCUT2D eigenvalue weighted by Crippen LogP contribution is -2.51. The van der Waals surface area contributed by atoms with Crippen LogP contribution in [0.15, 0.2) is 41.8 Å². The van der Waals surface area contributed by atoms with E-state index in [1.54, 1.807) is 18.4 Å². The molecular formula is C21H27N3O4S. The van der Waals surface area contributed by atoms with Crippen molar-refractivity contribution in [2.45, 2.75) is 25.6 Å². The molecule has 3 rings (SSSR count). The number of hydrogen-bond donors (Lipinski definition) is 2. The molecule has 0 radical (unpaired) electrons. The zero-order valence-electron chi connectivity index (χ0n) is 16.7. The number of morpholine rings is 1. The van der Waals surface area contributed by atoms with Crippen LogP contribution in [0.2, 0.25) is 0 Å². The molecule has 0 bridgehead atoms. The van der Waals surface area contributed by atoms with Crippen LogP contribution < -0.4 is 15.4 Å². The quantitative estimate of drug-likeness (QED) is 0.673. The van der Waals surface area contributed by atoms with Gasteiger partial charge >= 0.3 is 11.8 Å². The summed E-state index contributed by atoms with van der Waals surface area (Å²) < 4.78 is 10.7. The van der Waals surface area contributed by atoms with Crippen molar-refractivity contribution in [2.75, 3.05) is 33.4 Å². The Morgan fingerprint density at radius 3 is 2.62 bits per heavy atom. The molecule has 0 aliphatic carbocycles. The molecule has 1 fully saturated rings. The molecule has 2 heterocycles. The van der Waals surface area contributed by atoms with Crippen molar-refractivity contribution in [1.82, 2.24) is 15.5 Å². The predicted octanol–water partition coefficient (Wildman–Crippen LogP) is 1.95. The second kappa shape index (κ2) is 10.4. The summed E-state index contributed by atoms with van der Waals surface area (Å²) in [6, 6.07) is 11.2. The van der Waals surface area contributed by atoms with Crippen molar-refractivity contribution < 1.29 is 19.1 Å². The summed E-state index contributed by atoms with van der Waals surface area (Å²) in [5.74, 6) is -0.622. The average Bonchev–Trinajstić information content (AvgIpc) is 3.27. The Morgan fingerprint density at radius 2 is 1.93 bits per heavy atom. The Kier molecular flexibility index (Phi) is 7.62. The van der Waals surface area contributed by atoms with Gasteiger partial charge in [-0.05, 0) is 24.4 Å². The van der Waals surface area contributed by atoms with Crippen LogP contribution in [-0.4, -0.2) is 56.2 Å². The molecule has 1 aromatic carbocycles. The van der Waals surface area contributed by atoms with Gasteiger partial charge in [0.05, 0.1) is 26.4 Å². The van der Waals surface area contributed by atoms with E-state index in [4.69, 9.17) is 9.47 Å². The van der Waals surface area contributed by atoms with E-state index in [9.17, 15) is 9.59 Å². The van der Waals surface area contributed by atoms with Gasteiger partial charge in [-0.1, -0.05) is 24.3 Å². The number of thiophene rings is 1. The number of hydrogen-bond acceptors (Lipinski definition) is 6.